The molecule has 2 atom stereocenters. The van der Waals surface area contributed by atoms with Crippen molar-refractivity contribution in [2.75, 3.05) is 23.3 Å². The minimum atomic E-state index is -2.90. The molecule has 0 aliphatic carbocycles. The Morgan fingerprint density at radius 2 is 2.06 bits per heavy atom. The highest BCUT2D eigenvalue weighted by Crippen LogP contribution is 2.31. The summed E-state index contributed by atoms with van der Waals surface area (Å²) in [5.41, 5.74) is 1.42. The molecular formula is C24H28F2N6O. The number of aromatic nitrogens is 3. The minimum absolute atomic E-state index is 0.0216. The summed E-state index contributed by atoms with van der Waals surface area (Å²) in [5, 5.41) is 7.14. The van der Waals surface area contributed by atoms with E-state index < -0.39 is 5.92 Å². The summed E-state index contributed by atoms with van der Waals surface area (Å²) in [6.45, 7) is 7.61. The van der Waals surface area contributed by atoms with E-state index in [2.05, 4.69) is 30.5 Å². The number of carbonyl (C=O) groups excluding carboxylic acids is 1. The number of rotatable bonds is 6. The fourth-order valence-corrected chi connectivity index (χ4v) is 4.16. The number of fused-ring (bicyclic) bond motifs is 1. The molecule has 1 saturated heterocycles. The number of hydrogen-bond acceptors (Lipinski definition) is 6. The Morgan fingerprint density at radius 3 is 2.79 bits per heavy atom. The van der Waals surface area contributed by atoms with Crippen LogP contribution in [0.2, 0.25) is 0 Å². The summed E-state index contributed by atoms with van der Waals surface area (Å²) in [6.07, 6.45) is 2.57. The molecule has 3 aromatic rings. The monoisotopic (exact) mass is 454 g/mol. The van der Waals surface area contributed by atoms with Crippen LogP contribution in [-0.4, -0.2) is 40.0 Å². The van der Waals surface area contributed by atoms with Gasteiger partial charge in [0.05, 0.1) is 11.7 Å². The van der Waals surface area contributed by atoms with Crippen LogP contribution < -0.4 is 15.5 Å². The minimum Gasteiger partial charge on any atom is -0.363 e. The second kappa shape index (κ2) is 8.88. The number of hydrogen-bond donors (Lipinski definition) is 2. The van der Waals surface area contributed by atoms with Crippen LogP contribution >= 0.6 is 0 Å². The molecule has 1 aliphatic heterocycles. The molecule has 174 valence electrons. The van der Waals surface area contributed by atoms with Gasteiger partial charge in [-0.3, -0.25) is 4.79 Å². The summed E-state index contributed by atoms with van der Waals surface area (Å²) in [5.74, 6) is -0.944. The van der Waals surface area contributed by atoms with E-state index in [9.17, 15) is 13.6 Å². The molecule has 9 heteroatoms. The SMILES string of the molecule is CC(=O)N[C@H]1CCN(c2cc3c(N[C@H](C)c4cccc(C(C)(F)F)c4)nc(C)nc3cn2)C1. The van der Waals surface area contributed by atoms with Crippen molar-refractivity contribution in [3.63, 3.8) is 0 Å². The van der Waals surface area contributed by atoms with E-state index in [1.165, 1.54) is 19.1 Å². The topological polar surface area (TPSA) is 83.0 Å². The lowest BCUT2D eigenvalue weighted by Gasteiger charge is -2.21. The molecule has 0 saturated carbocycles. The Balaban J connectivity index is 1.62. The first-order chi connectivity index (χ1) is 15.6. The first-order valence-corrected chi connectivity index (χ1v) is 11.0. The third-order valence-corrected chi connectivity index (χ3v) is 5.85. The lowest BCUT2D eigenvalue weighted by Crippen LogP contribution is -2.35. The van der Waals surface area contributed by atoms with Crippen molar-refractivity contribution in [3.8, 4) is 0 Å². The molecule has 1 aliphatic rings. The predicted octanol–water partition coefficient (Wildman–Crippen LogP) is 4.33. The van der Waals surface area contributed by atoms with Gasteiger partial charge in [0, 0.05) is 50.0 Å². The van der Waals surface area contributed by atoms with E-state index in [1.807, 2.05) is 19.1 Å². The van der Waals surface area contributed by atoms with Gasteiger partial charge < -0.3 is 15.5 Å². The Morgan fingerprint density at radius 1 is 1.27 bits per heavy atom. The highest BCUT2D eigenvalue weighted by molar-refractivity contribution is 5.90. The van der Waals surface area contributed by atoms with Gasteiger partial charge >= 0.3 is 0 Å². The molecular weight excluding hydrogens is 426 g/mol. The number of halogens is 2. The summed E-state index contributed by atoms with van der Waals surface area (Å²) in [6, 6.07) is 8.20. The van der Waals surface area contributed by atoms with Crippen LogP contribution in [0.25, 0.3) is 10.9 Å². The molecule has 0 radical (unpaired) electrons. The molecule has 2 aromatic heterocycles. The molecule has 7 nitrogen and oxygen atoms in total. The number of nitrogens with one attached hydrogen (secondary N) is 2. The summed E-state index contributed by atoms with van der Waals surface area (Å²) in [4.78, 5) is 27.2. The number of aryl methyl sites for hydroxylation is 1. The maximum absolute atomic E-state index is 13.8. The van der Waals surface area contributed by atoms with Crippen LogP contribution in [-0.2, 0) is 10.7 Å². The van der Waals surface area contributed by atoms with Crippen molar-refractivity contribution >= 4 is 28.4 Å². The highest BCUT2D eigenvalue weighted by Gasteiger charge is 2.26. The maximum atomic E-state index is 13.8. The van der Waals surface area contributed by atoms with Crippen molar-refractivity contribution in [1.82, 2.24) is 20.3 Å². The van der Waals surface area contributed by atoms with Gasteiger partial charge in [0.15, 0.2) is 0 Å². The first kappa shape index (κ1) is 22.8. The lowest BCUT2D eigenvalue weighted by molar-refractivity contribution is -0.119. The molecule has 3 heterocycles. The first-order valence-electron chi connectivity index (χ1n) is 11.0. The summed E-state index contributed by atoms with van der Waals surface area (Å²) >= 11 is 0. The van der Waals surface area contributed by atoms with Gasteiger partial charge in [0.2, 0.25) is 5.91 Å². The zero-order chi connectivity index (χ0) is 23.8. The van der Waals surface area contributed by atoms with Crippen LogP contribution in [0.1, 0.15) is 50.2 Å². The molecule has 1 amide bonds. The number of anilines is 2. The van der Waals surface area contributed by atoms with Gasteiger partial charge in [0.25, 0.3) is 5.92 Å². The Kier molecular flexibility index (Phi) is 6.14. The molecule has 4 rings (SSSR count). The van der Waals surface area contributed by atoms with E-state index >= 15 is 0 Å². The smallest absolute Gasteiger partial charge is 0.270 e. The van der Waals surface area contributed by atoms with Gasteiger partial charge in [-0.15, -0.1) is 0 Å². The van der Waals surface area contributed by atoms with E-state index in [-0.39, 0.29) is 23.6 Å². The van der Waals surface area contributed by atoms with E-state index in [0.29, 0.717) is 23.7 Å². The number of nitrogens with zero attached hydrogens (tertiary/aromatic N) is 4. The van der Waals surface area contributed by atoms with Crippen molar-refractivity contribution in [2.45, 2.75) is 52.1 Å². The molecule has 1 fully saturated rings. The van der Waals surface area contributed by atoms with Gasteiger partial charge in [-0.2, -0.15) is 0 Å². The summed E-state index contributed by atoms with van der Waals surface area (Å²) in [7, 11) is 0. The van der Waals surface area contributed by atoms with Crippen LogP contribution in [0.15, 0.2) is 36.5 Å². The fraction of sp³-hybridized carbons (Fsp3) is 0.417. The number of alkyl halides is 2. The third kappa shape index (κ3) is 5.18. The predicted molar refractivity (Wildman–Crippen MR) is 125 cm³/mol. The van der Waals surface area contributed by atoms with Crippen molar-refractivity contribution in [3.05, 3.63) is 53.5 Å². The number of carbonyl (C=O) groups is 1. The second-order valence-electron chi connectivity index (χ2n) is 8.69. The van der Waals surface area contributed by atoms with E-state index in [1.54, 1.807) is 19.2 Å². The van der Waals surface area contributed by atoms with Gasteiger partial charge in [-0.25, -0.2) is 23.7 Å². The van der Waals surface area contributed by atoms with Crippen LogP contribution in [0.5, 0.6) is 0 Å². The molecule has 33 heavy (non-hydrogen) atoms. The Bertz CT molecular complexity index is 1180. The number of pyridine rings is 1. The average molecular weight is 455 g/mol. The highest BCUT2D eigenvalue weighted by atomic mass is 19.3. The van der Waals surface area contributed by atoms with Gasteiger partial charge in [-0.1, -0.05) is 18.2 Å². The zero-order valence-corrected chi connectivity index (χ0v) is 19.2. The second-order valence-corrected chi connectivity index (χ2v) is 8.69. The molecule has 0 spiro atoms. The van der Waals surface area contributed by atoms with Gasteiger partial charge in [-0.05, 0) is 38.0 Å². The summed E-state index contributed by atoms with van der Waals surface area (Å²) < 4.78 is 27.6. The average Bonchev–Trinajstić information content (AvgIpc) is 3.20. The number of amides is 1. The molecule has 0 bridgehead atoms. The molecule has 2 N–H and O–H groups in total. The third-order valence-electron chi connectivity index (χ3n) is 5.85. The maximum Gasteiger partial charge on any atom is 0.270 e. The quantitative estimate of drug-likeness (QED) is 0.577. The lowest BCUT2D eigenvalue weighted by atomic mass is 10.0. The van der Waals surface area contributed by atoms with Crippen LogP contribution in [0.3, 0.4) is 0 Å². The van der Waals surface area contributed by atoms with Crippen molar-refractivity contribution in [2.24, 2.45) is 0 Å². The Labute approximate surface area is 191 Å². The van der Waals surface area contributed by atoms with E-state index in [4.69, 9.17) is 0 Å². The molecule has 0 unspecified atom stereocenters. The van der Waals surface area contributed by atoms with Gasteiger partial charge in [0.1, 0.15) is 17.5 Å². The zero-order valence-electron chi connectivity index (χ0n) is 19.2. The van der Waals surface area contributed by atoms with Crippen molar-refractivity contribution in [1.29, 1.82) is 0 Å². The molecule has 1 aromatic carbocycles. The largest absolute Gasteiger partial charge is 0.363 e. The van der Waals surface area contributed by atoms with Crippen molar-refractivity contribution < 1.29 is 13.6 Å². The van der Waals surface area contributed by atoms with Crippen LogP contribution in [0, 0.1) is 6.92 Å². The fourth-order valence-electron chi connectivity index (χ4n) is 4.16. The van der Waals surface area contributed by atoms with Crippen LogP contribution in [0.4, 0.5) is 20.4 Å². The normalized spacial score (nSPS) is 17.3. The number of benzene rings is 1. The standard InChI is InChI=1S/C24H28F2N6O/c1-14(17-6-5-7-18(10-17)24(4,25)26)28-23-20-11-22(27-12-21(20)29-15(2)30-23)32-9-8-19(13-32)31-16(3)33/h5-7,10-12,14,19H,8-9,13H2,1-4H3,(H,31,33)(H,28,29,30)/t14-,19+/m1/s1. The van der Waals surface area contributed by atoms with E-state index in [0.717, 1.165) is 36.7 Å². The Hall–Kier alpha value is -3.36.